The minimum absolute atomic E-state index is 0.0455. The maximum absolute atomic E-state index is 11.9. The molecule has 0 saturated heterocycles. The Kier molecular flexibility index (Phi) is 6.02. The summed E-state index contributed by atoms with van der Waals surface area (Å²) >= 11 is 3.30. The van der Waals surface area contributed by atoms with Crippen LogP contribution < -0.4 is 5.32 Å². The topological polar surface area (TPSA) is 29.1 Å². The summed E-state index contributed by atoms with van der Waals surface area (Å²) in [4.78, 5) is 13.0. The van der Waals surface area contributed by atoms with Crippen molar-refractivity contribution >= 4 is 35.1 Å². The van der Waals surface area contributed by atoms with Crippen LogP contribution in [0.2, 0.25) is 0 Å². The normalized spacial score (nSPS) is 10.2. The van der Waals surface area contributed by atoms with E-state index < -0.39 is 0 Å². The van der Waals surface area contributed by atoms with Gasteiger partial charge in [0.15, 0.2) is 0 Å². The molecule has 0 radical (unpaired) electrons. The number of hydrogen-bond acceptors (Lipinski definition) is 3. The van der Waals surface area contributed by atoms with Crippen molar-refractivity contribution in [2.75, 3.05) is 17.3 Å². The standard InChI is InChI=1S/C16H17NOS2/c1-19-15-9-5-8-14(10-15)17-16(18)12-20-11-13-6-3-2-4-7-13/h2-10H,11-12H2,1H3,(H,17,18). The van der Waals surface area contributed by atoms with E-state index in [0.29, 0.717) is 5.75 Å². The Hall–Kier alpha value is -1.39. The van der Waals surface area contributed by atoms with Crippen LogP contribution in [0.3, 0.4) is 0 Å². The van der Waals surface area contributed by atoms with E-state index in [2.05, 4.69) is 17.4 Å². The van der Waals surface area contributed by atoms with Crippen LogP contribution in [0.5, 0.6) is 0 Å². The summed E-state index contributed by atoms with van der Waals surface area (Å²) in [5.74, 6) is 1.38. The van der Waals surface area contributed by atoms with E-state index in [4.69, 9.17) is 0 Å². The SMILES string of the molecule is CSc1cccc(NC(=O)CSCc2ccccc2)c1. The molecule has 0 fully saturated rings. The first-order valence-corrected chi connectivity index (χ1v) is 8.71. The number of benzene rings is 2. The second kappa shape index (κ2) is 8.02. The smallest absolute Gasteiger partial charge is 0.234 e. The summed E-state index contributed by atoms with van der Waals surface area (Å²) in [5, 5.41) is 2.93. The van der Waals surface area contributed by atoms with Crippen LogP contribution >= 0.6 is 23.5 Å². The van der Waals surface area contributed by atoms with Crippen LogP contribution in [-0.2, 0) is 10.5 Å². The van der Waals surface area contributed by atoms with E-state index in [1.807, 2.05) is 48.7 Å². The summed E-state index contributed by atoms with van der Waals surface area (Å²) in [5.41, 5.74) is 2.11. The molecular formula is C16H17NOS2. The minimum Gasteiger partial charge on any atom is -0.325 e. The van der Waals surface area contributed by atoms with Gasteiger partial charge in [-0.1, -0.05) is 36.4 Å². The van der Waals surface area contributed by atoms with Gasteiger partial charge in [-0.2, -0.15) is 0 Å². The number of anilines is 1. The van der Waals surface area contributed by atoms with Crippen LogP contribution in [0.4, 0.5) is 5.69 Å². The fraction of sp³-hybridized carbons (Fsp3) is 0.188. The lowest BCUT2D eigenvalue weighted by Crippen LogP contribution is -2.14. The molecule has 0 aliphatic carbocycles. The van der Waals surface area contributed by atoms with E-state index in [0.717, 1.165) is 16.3 Å². The van der Waals surface area contributed by atoms with Gasteiger partial charge in [0.2, 0.25) is 5.91 Å². The Bertz CT molecular complexity index is 557. The Labute approximate surface area is 128 Å². The number of amides is 1. The Morgan fingerprint density at radius 2 is 1.90 bits per heavy atom. The van der Waals surface area contributed by atoms with Crippen molar-refractivity contribution in [1.82, 2.24) is 0 Å². The number of carbonyl (C=O) groups excluding carboxylic acids is 1. The molecule has 0 atom stereocenters. The molecule has 104 valence electrons. The highest BCUT2D eigenvalue weighted by molar-refractivity contribution is 7.99. The van der Waals surface area contributed by atoms with E-state index >= 15 is 0 Å². The zero-order valence-corrected chi connectivity index (χ0v) is 13.0. The summed E-state index contributed by atoms with van der Waals surface area (Å²) in [7, 11) is 0. The third-order valence-electron chi connectivity index (χ3n) is 2.70. The van der Waals surface area contributed by atoms with E-state index in [-0.39, 0.29) is 5.91 Å². The predicted octanol–water partition coefficient (Wildman–Crippen LogP) is 4.28. The average molecular weight is 303 g/mol. The number of hydrogen-bond donors (Lipinski definition) is 1. The quantitative estimate of drug-likeness (QED) is 0.808. The molecule has 2 aromatic carbocycles. The van der Waals surface area contributed by atoms with Gasteiger partial charge in [-0.25, -0.2) is 0 Å². The lowest BCUT2D eigenvalue weighted by atomic mass is 10.2. The second-order valence-electron chi connectivity index (χ2n) is 4.26. The Morgan fingerprint density at radius 1 is 1.10 bits per heavy atom. The Balaban J connectivity index is 1.77. The summed E-state index contributed by atoms with van der Waals surface area (Å²) in [6.45, 7) is 0. The van der Waals surface area contributed by atoms with Gasteiger partial charge in [0.1, 0.15) is 0 Å². The summed E-state index contributed by atoms with van der Waals surface area (Å²) in [6, 6.07) is 18.1. The molecule has 0 aliphatic heterocycles. The van der Waals surface area contributed by atoms with Gasteiger partial charge < -0.3 is 5.32 Å². The summed E-state index contributed by atoms with van der Waals surface area (Å²) < 4.78 is 0. The van der Waals surface area contributed by atoms with E-state index in [9.17, 15) is 4.79 Å². The van der Waals surface area contributed by atoms with Crippen LogP contribution in [0.25, 0.3) is 0 Å². The molecule has 2 nitrogen and oxygen atoms in total. The first kappa shape index (κ1) is 15.0. The van der Waals surface area contributed by atoms with Crippen molar-refractivity contribution < 1.29 is 4.79 Å². The monoisotopic (exact) mass is 303 g/mol. The molecular weight excluding hydrogens is 286 g/mol. The maximum Gasteiger partial charge on any atom is 0.234 e. The highest BCUT2D eigenvalue weighted by Crippen LogP contribution is 2.19. The van der Waals surface area contributed by atoms with Crippen LogP contribution in [-0.4, -0.2) is 17.9 Å². The molecule has 0 aromatic heterocycles. The first-order chi connectivity index (χ1) is 9.78. The van der Waals surface area contributed by atoms with Gasteiger partial charge in [-0.15, -0.1) is 23.5 Å². The van der Waals surface area contributed by atoms with Crippen molar-refractivity contribution in [2.45, 2.75) is 10.6 Å². The third kappa shape index (κ3) is 4.94. The highest BCUT2D eigenvalue weighted by atomic mass is 32.2. The predicted molar refractivity (Wildman–Crippen MR) is 89.5 cm³/mol. The van der Waals surface area contributed by atoms with Crippen molar-refractivity contribution in [2.24, 2.45) is 0 Å². The van der Waals surface area contributed by atoms with Gasteiger partial charge in [-0.05, 0) is 30.0 Å². The molecule has 0 heterocycles. The number of thioether (sulfide) groups is 2. The first-order valence-electron chi connectivity index (χ1n) is 6.33. The molecule has 1 amide bonds. The molecule has 2 rings (SSSR count). The number of nitrogens with one attached hydrogen (secondary N) is 1. The third-order valence-corrected chi connectivity index (χ3v) is 4.43. The summed E-state index contributed by atoms with van der Waals surface area (Å²) in [6.07, 6.45) is 2.02. The fourth-order valence-corrected chi connectivity index (χ4v) is 2.98. The molecule has 2 aromatic rings. The molecule has 1 N–H and O–H groups in total. The molecule has 0 bridgehead atoms. The number of carbonyl (C=O) groups is 1. The lowest BCUT2D eigenvalue weighted by Gasteiger charge is -2.06. The molecule has 0 aliphatic rings. The minimum atomic E-state index is 0.0455. The van der Waals surface area contributed by atoms with E-state index in [1.54, 1.807) is 23.5 Å². The molecule has 4 heteroatoms. The van der Waals surface area contributed by atoms with Crippen LogP contribution in [0.15, 0.2) is 59.5 Å². The van der Waals surface area contributed by atoms with Gasteiger partial charge >= 0.3 is 0 Å². The molecule has 0 unspecified atom stereocenters. The van der Waals surface area contributed by atoms with Gasteiger partial charge in [0, 0.05) is 16.3 Å². The average Bonchev–Trinajstić information content (AvgIpc) is 2.48. The highest BCUT2D eigenvalue weighted by Gasteiger charge is 2.03. The van der Waals surface area contributed by atoms with Crippen molar-refractivity contribution in [3.63, 3.8) is 0 Å². The van der Waals surface area contributed by atoms with Crippen LogP contribution in [0.1, 0.15) is 5.56 Å². The van der Waals surface area contributed by atoms with Crippen molar-refractivity contribution in [1.29, 1.82) is 0 Å². The van der Waals surface area contributed by atoms with Crippen molar-refractivity contribution in [3.8, 4) is 0 Å². The number of rotatable bonds is 6. The molecule has 20 heavy (non-hydrogen) atoms. The van der Waals surface area contributed by atoms with Crippen molar-refractivity contribution in [3.05, 3.63) is 60.2 Å². The van der Waals surface area contributed by atoms with E-state index in [1.165, 1.54) is 5.56 Å². The zero-order valence-electron chi connectivity index (χ0n) is 11.3. The lowest BCUT2D eigenvalue weighted by molar-refractivity contribution is -0.113. The fourth-order valence-electron chi connectivity index (χ4n) is 1.73. The zero-order chi connectivity index (χ0) is 14.2. The Morgan fingerprint density at radius 3 is 2.65 bits per heavy atom. The largest absolute Gasteiger partial charge is 0.325 e. The second-order valence-corrected chi connectivity index (χ2v) is 6.12. The molecule has 0 spiro atoms. The van der Waals surface area contributed by atoms with Crippen LogP contribution in [0, 0.1) is 0 Å². The van der Waals surface area contributed by atoms with Gasteiger partial charge in [0.05, 0.1) is 5.75 Å². The molecule has 0 saturated carbocycles. The maximum atomic E-state index is 11.9. The van der Waals surface area contributed by atoms with Gasteiger partial charge in [0.25, 0.3) is 0 Å². The van der Waals surface area contributed by atoms with Gasteiger partial charge in [-0.3, -0.25) is 4.79 Å².